The molecule has 1 aromatic carbocycles. The quantitative estimate of drug-likeness (QED) is 0.297. The predicted octanol–water partition coefficient (Wildman–Crippen LogP) is 3.21. The lowest BCUT2D eigenvalue weighted by Crippen LogP contribution is -2.31. The van der Waals surface area contributed by atoms with Gasteiger partial charge in [-0.1, -0.05) is 12.1 Å². The summed E-state index contributed by atoms with van der Waals surface area (Å²) in [6.07, 6.45) is 2.81. The van der Waals surface area contributed by atoms with Gasteiger partial charge in [0.2, 0.25) is 5.91 Å². The van der Waals surface area contributed by atoms with E-state index in [4.69, 9.17) is 9.47 Å². The number of pyridine rings is 1. The average Bonchev–Trinajstić information content (AvgIpc) is 2.73. The number of guanidine groups is 1. The monoisotopic (exact) mass is 413 g/mol. The van der Waals surface area contributed by atoms with Gasteiger partial charge in [0.1, 0.15) is 11.6 Å². The van der Waals surface area contributed by atoms with Crippen LogP contribution in [0.5, 0.6) is 5.75 Å². The van der Waals surface area contributed by atoms with Crippen LogP contribution in [0.15, 0.2) is 47.6 Å². The highest BCUT2D eigenvalue weighted by molar-refractivity contribution is 5.94. The maximum absolute atomic E-state index is 12.1. The number of aromatic nitrogens is 1. The SMILES string of the molecule is CCNC(=NCCC(=O)Nc1ccc(C)cn1)Nc1cccc(OCCCOC)c1. The zero-order valence-electron chi connectivity index (χ0n) is 17.9. The maximum Gasteiger partial charge on any atom is 0.227 e. The van der Waals surface area contributed by atoms with E-state index in [-0.39, 0.29) is 12.3 Å². The Morgan fingerprint density at radius 2 is 2.03 bits per heavy atom. The topological polar surface area (TPSA) is 96.9 Å². The Morgan fingerprint density at radius 3 is 2.77 bits per heavy atom. The number of nitrogens with zero attached hydrogens (tertiary/aromatic N) is 2. The Kier molecular flexibility index (Phi) is 10.2. The van der Waals surface area contributed by atoms with Crippen LogP contribution in [0.1, 0.15) is 25.3 Å². The van der Waals surface area contributed by atoms with Crippen LogP contribution < -0.4 is 20.7 Å². The number of ether oxygens (including phenoxy) is 2. The number of rotatable bonds is 11. The molecule has 30 heavy (non-hydrogen) atoms. The van der Waals surface area contributed by atoms with E-state index in [1.807, 2.05) is 44.2 Å². The van der Waals surface area contributed by atoms with Gasteiger partial charge in [0.25, 0.3) is 0 Å². The highest BCUT2D eigenvalue weighted by Crippen LogP contribution is 2.17. The van der Waals surface area contributed by atoms with Crippen molar-refractivity contribution in [1.82, 2.24) is 10.3 Å². The smallest absolute Gasteiger partial charge is 0.227 e. The van der Waals surface area contributed by atoms with Crippen molar-refractivity contribution < 1.29 is 14.3 Å². The molecule has 0 aliphatic carbocycles. The normalized spacial score (nSPS) is 11.1. The van der Waals surface area contributed by atoms with Crippen molar-refractivity contribution in [3.63, 3.8) is 0 Å². The lowest BCUT2D eigenvalue weighted by molar-refractivity contribution is -0.116. The van der Waals surface area contributed by atoms with E-state index in [9.17, 15) is 4.79 Å². The van der Waals surface area contributed by atoms with Crippen molar-refractivity contribution >= 4 is 23.4 Å². The molecule has 0 bridgehead atoms. The Bertz CT molecular complexity index is 809. The van der Waals surface area contributed by atoms with Crippen LogP contribution >= 0.6 is 0 Å². The van der Waals surface area contributed by atoms with E-state index in [1.54, 1.807) is 19.4 Å². The number of nitrogens with one attached hydrogen (secondary N) is 3. The van der Waals surface area contributed by atoms with Crippen LogP contribution in [0, 0.1) is 6.92 Å². The number of aliphatic imine (C=N–C) groups is 1. The van der Waals surface area contributed by atoms with E-state index in [2.05, 4.69) is 25.9 Å². The van der Waals surface area contributed by atoms with Gasteiger partial charge in [-0.05, 0) is 37.6 Å². The van der Waals surface area contributed by atoms with Crippen molar-refractivity contribution in [1.29, 1.82) is 0 Å². The van der Waals surface area contributed by atoms with Crippen LogP contribution in [-0.4, -0.2) is 50.3 Å². The fourth-order valence-corrected chi connectivity index (χ4v) is 2.52. The Balaban J connectivity index is 1.86. The molecule has 0 aliphatic heterocycles. The first-order valence-electron chi connectivity index (χ1n) is 10.1. The second-order valence-corrected chi connectivity index (χ2v) is 6.63. The predicted molar refractivity (Wildman–Crippen MR) is 120 cm³/mol. The summed E-state index contributed by atoms with van der Waals surface area (Å²) in [6.45, 7) is 6.26. The van der Waals surface area contributed by atoms with Crippen molar-refractivity contribution in [3.05, 3.63) is 48.2 Å². The number of hydrogen-bond donors (Lipinski definition) is 3. The van der Waals surface area contributed by atoms with E-state index in [1.165, 1.54) is 0 Å². The number of benzene rings is 1. The fourth-order valence-electron chi connectivity index (χ4n) is 2.52. The molecule has 0 atom stereocenters. The summed E-state index contributed by atoms with van der Waals surface area (Å²) < 4.78 is 10.8. The number of aryl methyl sites for hydroxylation is 1. The molecule has 2 aromatic rings. The second-order valence-electron chi connectivity index (χ2n) is 6.63. The van der Waals surface area contributed by atoms with Gasteiger partial charge in [0, 0.05) is 51.1 Å². The molecule has 0 saturated heterocycles. The molecule has 0 aliphatic rings. The summed E-state index contributed by atoms with van der Waals surface area (Å²) >= 11 is 0. The molecule has 1 heterocycles. The number of carbonyl (C=O) groups is 1. The lowest BCUT2D eigenvalue weighted by Gasteiger charge is -2.13. The molecular weight excluding hydrogens is 382 g/mol. The fraction of sp³-hybridized carbons (Fsp3) is 0.409. The van der Waals surface area contributed by atoms with Gasteiger partial charge in [-0.2, -0.15) is 0 Å². The summed E-state index contributed by atoms with van der Waals surface area (Å²) in [5.74, 6) is 1.80. The molecule has 1 amide bonds. The number of amides is 1. The van der Waals surface area contributed by atoms with Crippen LogP contribution in [0.4, 0.5) is 11.5 Å². The third-order valence-corrected chi connectivity index (χ3v) is 3.99. The molecule has 8 heteroatoms. The van der Waals surface area contributed by atoms with Crippen molar-refractivity contribution in [3.8, 4) is 5.75 Å². The Morgan fingerprint density at radius 1 is 1.17 bits per heavy atom. The third-order valence-electron chi connectivity index (χ3n) is 3.99. The molecule has 0 unspecified atom stereocenters. The Labute approximate surface area is 178 Å². The molecule has 8 nitrogen and oxygen atoms in total. The highest BCUT2D eigenvalue weighted by atomic mass is 16.5. The van der Waals surface area contributed by atoms with Gasteiger partial charge in [0.05, 0.1) is 13.2 Å². The Hall–Kier alpha value is -3.13. The third kappa shape index (κ3) is 8.91. The molecule has 1 aromatic heterocycles. The summed E-state index contributed by atoms with van der Waals surface area (Å²) in [4.78, 5) is 20.8. The minimum atomic E-state index is -0.127. The van der Waals surface area contributed by atoms with Gasteiger partial charge in [-0.3, -0.25) is 9.79 Å². The van der Waals surface area contributed by atoms with Crippen molar-refractivity contribution in [2.24, 2.45) is 4.99 Å². The van der Waals surface area contributed by atoms with E-state index < -0.39 is 0 Å². The number of anilines is 2. The van der Waals surface area contributed by atoms with Crippen molar-refractivity contribution in [2.45, 2.75) is 26.7 Å². The van der Waals surface area contributed by atoms with Crippen LogP contribution in [-0.2, 0) is 9.53 Å². The van der Waals surface area contributed by atoms with E-state index in [0.717, 1.165) is 23.4 Å². The molecule has 2 rings (SSSR count). The maximum atomic E-state index is 12.1. The van der Waals surface area contributed by atoms with E-state index >= 15 is 0 Å². The van der Waals surface area contributed by atoms with Gasteiger partial charge in [-0.15, -0.1) is 0 Å². The molecular formula is C22H31N5O3. The standard InChI is InChI=1S/C22H31N5O3/c1-4-23-22(24-12-11-21(28)27-20-10-9-17(2)16-25-20)26-18-7-5-8-19(15-18)30-14-6-13-29-3/h5,7-10,15-16H,4,6,11-14H2,1-3H3,(H2,23,24,26)(H,25,27,28). The van der Waals surface area contributed by atoms with Crippen molar-refractivity contribution in [2.75, 3.05) is 44.0 Å². The van der Waals surface area contributed by atoms with E-state index in [0.29, 0.717) is 38.1 Å². The van der Waals surface area contributed by atoms with Crippen LogP contribution in [0.2, 0.25) is 0 Å². The molecule has 0 spiro atoms. The molecule has 3 N–H and O–H groups in total. The number of hydrogen-bond acceptors (Lipinski definition) is 5. The minimum Gasteiger partial charge on any atom is -0.493 e. The molecule has 0 radical (unpaired) electrons. The zero-order valence-corrected chi connectivity index (χ0v) is 17.9. The lowest BCUT2D eigenvalue weighted by atomic mass is 10.3. The molecule has 0 fully saturated rings. The largest absolute Gasteiger partial charge is 0.493 e. The molecule has 0 saturated carbocycles. The van der Waals surface area contributed by atoms with Crippen LogP contribution in [0.25, 0.3) is 0 Å². The average molecular weight is 414 g/mol. The first kappa shape index (κ1) is 23.2. The number of carbonyl (C=O) groups excluding carboxylic acids is 1. The zero-order chi connectivity index (χ0) is 21.6. The first-order chi connectivity index (χ1) is 14.6. The molecule has 162 valence electrons. The minimum absolute atomic E-state index is 0.127. The van der Waals surface area contributed by atoms with Gasteiger partial charge >= 0.3 is 0 Å². The summed E-state index contributed by atoms with van der Waals surface area (Å²) in [6, 6.07) is 11.4. The second kappa shape index (κ2) is 13.2. The summed E-state index contributed by atoms with van der Waals surface area (Å²) in [5, 5.41) is 9.19. The van der Waals surface area contributed by atoms with Gasteiger partial charge in [-0.25, -0.2) is 4.98 Å². The van der Waals surface area contributed by atoms with Gasteiger partial charge < -0.3 is 25.4 Å². The van der Waals surface area contributed by atoms with Crippen LogP contribution in [0.3, 0.4) is 0 Å². The summed E-state index contributed by atoms with van der Waals surface area (Å²) in [5.41, 5.74) is 1.90. The number of methoxy groups -OCH3 is 1. The highest BCUT2D eigenvalue weighted by Gasteiger charge is 2.05. The first-order valence-corrected chi connectivity index (χ1v) is 10.1. The summed E-state index contributed by atoms with van der Waals surface area (Å²) in [7, 11) is 1.68. The van der Waals surface area contributed by atoms with Gasteiger partial charge in [0.15, 0.2) is 5.96 Å².